The van der Waals surface area contributed by atoms with Crippen molar-refractivity contribution in [3.63, 3.8) is 0 Å². The van der Waals surface area contributed by atoms with E-state index >= 15 is 4.39 Å². The average molecular weight is 631 g/mol. The van der Waals surface area contributed by atoms with E-state index in [4.69, 9.17) is 23.2 Å². The molecule has 13 heteroatoms. The number of fused-ring (bicyclic) bond motifs is 1. The van der Waals surface area contributed by atoms with Crippen molar-refractivity contribution in [2.24, 2.45) is 0 Å². The first kappa shape index (κ1) is 27.2. The smallest absolute Gasteiger partial charge is 0.266 e. The van der Waals surface area contributed by atoms with E-state index in [0.29, 0.717) is 4.47 Å². The molecule has 4 aromatic rings. The summed E-state index contributed by atoms with van der Waals surface area (Å²) < 4.78 is 57.4. The molecule has 0 amide bonds. The van der Waals surface area contributed by atoms with Crippen LogP contribution in [-0.4, -0.2) is 35.4 Å². The third kappa shape index (κ3) is 5.26. The maximum absolute atomic E-state index is 15.3. The summed E-state index contributed by atoms with van der Waals surface area (Å²) in [5.41, 5.74) is -1.71. The lowest BCUT2D eigenvalue weighted by molar-refractivity contribution is 0.0964. The summed E-state index contributed by atoms with van der Waals surface area (Å²) in [5.74, 6) is -4.58. The Hall–Kier alpha value is -2.86. The molecule has 0 saturated carbocycles. The molecule has 4 rings (SSSR count). The molecular weight excluding hydrogens is 615 g/mol. The monoisotopic (exact) mass is 629 g/mol. The van der Waals surface area contributed by atoms with Gasteiger partial charge in [-0.15, -0.1) is 0 Å². The van der Waals surface area contributed by atoms with Gasteiger partial charge in [-0.2, -0.15) is 0 Å². The molecule has 0 aliphatic heterocycles. The van der Waals surface area contributed by atoms with Crippen molar-refractivity contribution in [2.75, 3.05) is 10.5 Å². The van der Waals surface area contributed by atoms with Crippen molar-refractivity contribution in [1.29, 1.82) is 0 Å². The Morgan fingerprint density at radius 3 is 2.43 bits per heavy atom. The number of halogens is 5. The van der Waals surface area contributed by atoms with Gasteiger partial charge in [-0.05, 0) is 52.7 Å². The van der Waals surface area contributed by atoms with Crippen LogP contribution in [-0.2, 0) is 10.0 Å². The van der Waals surface area contributed by atoms with Crippen LogP contribution in [0.3, 0.4) is 0 Å². The summed E-state index contributed by atoms with van der Waals surface area (Å²) in [7, 11) is -4.05. The fourth-order valence-corrected chi connectivity index (χ4v) is 5.71. The summed E-state index contributed by atoms with van der Waals surface area (Å²) in [6.07, 6.45) is 2.76. The first-order valence-electron chi connectivity index (χ1n) is 10.6. The van der Waals surface area contributed by atoms with Gasteiger partial charge >= 0.3 is 0 Å². The molecular formula is C24H16BrCl2F2N3O4S. The van der Waals surface area contributed by atoms with Crippen molar-refractivity contribution in [1.82, 2.24) is 9.55 Å². The van der Waals surface area contributed by atoms with Gasteiger partial charge in [-0.1, -0.05) is 36.2 Å². The Kier molecular flexibility index (Phi) is 7.70. The molecule has 0 spiro atoms. The first-order chi connectivity index (χ1) is 17.4. The van der Waals surface area contributed by atoms with Crippen LogP contribution in [0.15, 0.2) is 53.3 Å². The van der Waals surface area contributed by atoms with Gasteiger partial charge in [0.1, 0.15) is 17.2 Å². The van der Waals surface area contributed by atoms with Crippen molar-refractivity contribution in [2.45, 2.75) is 13.3 Å². The predicted octanol–water partition coefficient (Wildman–Crippen LogP) is 6.46. The fourth-order valence-electron chi connectivity index (χ4n) is 3.68. The van der Waals surface area contributed by atoms with Gasteiger partial charge in [0.2, 0.25) is 10.0 Å². The minimum atomic E-state index is -4.05. The van der Waals surface area contributed by atoms with Crippen molar-refractivity contribution in [3.05, 3.63) is 91.6 Å². The Morgan fingerprint density at radius 1 is 1.11 bits per heavy atom. The predicted molar refractivity (Wildman–Crippen MR) is 141 cm³/mol. The number of carbonyl (C=O) groups excluding carboxylic acids is 2. The fraction of sp³-hybridized carbons (Fsp3) is 0.125. The number of pyridine rings is 1. The number of hydrogen-bond acceptors (Lipinski definition) is 5. The standard InChI is InChI=1S/C24H16BrCl2F2N3O4S/c1-2-8-37(35,36)31-21-18(28)7-6-13(20(21)29)22(33)15-11-32(23-14(15)9-12(25)10-30-23)24(34)19-16(26)4-3-5-17(19)27/h3-7,9-11,31H,2,8H2,1H3. The molecule has 2 heterocycles. The summed E-state index contributed by atoms with van der Waals surface area (Å²) in [6, 6.07) is 7.67. The third-order valence-electron chi connectivity index (χ3n) is 5.32. The number of aromatic nitrogens is 2. The second-order valence-electron chi connectivity index (χ2n) is 7.87. The minimum absolute atomic E-state index is 0.0352. The first-order valence-corrected chi connectivity index (χ1v) is 13.8. The molecule has 2 aromatic carbocycles. The van der Waals surface area contributed by atoms with Crippen molar-refractivity contribution < 1.29 is 26.8 Å². The minimum Gasteiger partial charge on any atom is -0.288 e. The third-order valence-corrected chi connectivity index (χ3v) is 7.84. The van der Waals surface area contributed by atoms with Crippen LogP contribution in [0.5, 0.6) is 0 Å². The maximum Gasteiger partial charge on any atom is 0.266 e. The molecule has 0 atom stereocenters. The molecule has 192 valence electrons. The summed E-state index contributed by atoms with van der Waals surface area (Å²) in [4.78, 5) is 31.1. The number of sulfonamides is 1. The molecule has 2 aromatic heterocycles. The van der Waals surface area contributed by atoms with Gasteiger partial charge in [0.15, 0.2) is 11.6 Å². The Bertz CT molecular complexity index is 1670. The van der Waals surface area contributed by atoms with E-state index in [9.17, 15) is 22.4 Å². The zero-order valence-corrected chi connectivity index (χ0v) is 22.8. The van der Waals surface area contributed by atoms with Crippen LogP contribution >= 0.6 is 39.1 Å². The molecule has 0 fully saturated rings. The molecule has 0 saturated heterocycles. The second kappa shape index (κ2) is 10.5. The van der Waals surface area contributed by atoms with Crippen LogP contribution in [0.4, 0.5) is 14.5 Å². The average Bonchev–Trinajstić information content (AvgIpc) is 3.20. The Balaban J connectivity index is 1.88. The van der Waals surface area contributed by atoms with E-state index in [2.05, 4.69) is 20.9 Å². The lowest BCUT2D eigenvalue weighted by Gasteiger charge is -2.11. The highest BCUT2D eigenvalue weighted by Gasteiger charge is 2.28. The number of nitrogens with zero attached hydrogens (tertiary/aromatic N) is 2. The normalized spacial score (nSPS) is 11.6. The molecule has 37 heavy (non-hydrogen) atoms. The SMILES string of the molecule is CCCS(=O)(=O)Nc1c(F)ccc(C(=O)c2cn(C(=O)c3c(Cl)cccc3Cl)c3ncc(Br)cc23)c1F. The molecule has 0 radical (unpaired) electrons. The number of ketones is 1. The maximum atomic E-state index is 15.3. The van der Waals surface area contributed by atoms with Gasteiger partial charge in [0.25, 0.3) is 5.91 Å². The van der Waals surface area contributed by atoms with Crippen molar-refractivity contribution >= 4 is 77.6 Å². The van der Waals surface area contributed by atoms with Gasteiger partial charge < -0.3 is 0 Å². The van der Waals surface area contributed by atoms with Gasteiger partial charge in [-0.3, -0.25) is 18.9 Å². The van der Waals surface area contributed by atoms with E-state index in [0.717, 1.165) is 22.9 Å². The highest BCUT2D eigenvalue weighted by atomic mass is 79.9. The van der Waals surface area contributed by atoms with E-state index in [1.807, 2.05) is 4.72 Å². The summed E-state index contributed by atoms with van der Waals surface area (Å²) >= 11 is 15.6. The number of anilines is 1. The summed E-state index contributed by atoms with van der Waals surface area (Å²) in [6.45, 7) is 1.59. The molecule has 0 bridgehead atoms. The summed E-state index contributed by atoms with van der Waals surface area (Å²) in [5, 5.41) is 0.309. The van der Waals surface area contributed by atoms with E-state index in [1.165, 1.54) is 24.4 Å². The van der Waals surface area contributed by atoms with Crippen LogP contribution in [0.2, 0.25) is 10.0 Å². The number of benzene rings is 2. The van der Waals surface area contributed by atoms with E-state index < -0.39 is 44.6 Å². The zero-order chi connectivity index (χ0) is 27.1. The molecule has 0 aliphatic rings. The number of carbonyl (C=O) groups is 2. The van der Waals surface area contributed by atoms with E-state index in [-0.39, 0.29) is 44.4 Å². The van der Waals surface area contributed by atoms with Crippen LogP contribution in [0.25, 0.3) is 11.0 Å². The van der Waals surface area contributed by atoms with Gasteiger partial charge in [0, 0.05) is 22.3 Å². The zero-order valence-electron chi connectivity index (χ0n) is 18.9. The van der Waals surface area contributed by atoms with Crippen LogP contribution < -0.4 is 4.72 Å². The second-order valence-corrected chi connectivity index (χ2v) is 11.4. The quantitative estimate of drug-likeness (QED) is 0.237. The van der Waals surface area contributed by atoms with Crippen LogP contribution in [0, 0.1) is 11.6 Å². The van der Waals surface area contributed by atoms with Gasteiger partial charge in [0.05, 0.1) is 32.5 Å². The lowest BCUT2D eigenvalue weighted by atomic mass is 10.0. The molecule has 7 nitrogen and oxygen atoms in total. The number of nitrogens with one attached hydrogen (secondary N) is 1. The van der Waals surface area contributed by atoms with Crippen molar-refractivity contribution in [3.8, 4) is 0 Å². The largest absolute Gasteiger partial charge is 0.288 e. The Morgan fingerprint density at radius 2 is 1.78 bits per heavy atom. The molecule has 0 unspecified atom stereocenters. The lowest BCUT2D eigenvalue weighted by Crippen LogP contribution is -2.19. The number of hydrogen-bond donors (Lipinski definition) is 1. The highest BCUT2D eigenvalue weighted by molar-refractivity contribution is 9.10. The van der Waals surface area contributed by atoms with Crippen LogP contribution in [0.1, 0.15) is 39.6 Å². The molecule has 1 N–H and O–H groups in total. The molecule has 0 aliphatic carbocycles. The van der Waals surface area contributed by atoms with Gasteiger partial charge in [-0.25, -0.2) is 22.2 Å². The highest BCUT2D eigenvalue weighted by Crippen LogP contribution is 2.32. The topological polar surface area (TPSA) is 98.1 Å². The van der Waals surface area contributed by atoms with E-state index in [1.54, 1.807) is 13.0 Å². The Labute approximate surface area is 228 Å². The number of rotatable bonds is 7.